The molecule has 3 rings (SSSR count). The van der Waals surface area contributed by atoms with Crippen molar-refractivity contribution >= 4 is 11.6 Å². The molecule has 1 N–H and O–H groups in total. The van der Waals surface area contributed by atoms with E-state index in [0.29, 0.717) is 0 Å². The van der Waals surface area contributed by atoms with E-state index < -0.39 is 0 Å². The fraction of sp³-hybridized carbons (Fsp3) is 0.240. The Morgan fingerprint density at radius 1 is 0.750 bits per heavy atom. The molecular weight excluding hydrogens is 344 g/mol. The number of nitrogens with one attached hydrogen (secondary N) is 1. The van der Waals surface area contributed by atoms with Crippen LogP contribution in [0.1, 0.15) is 27.0 Å². The number of amides is 1. The lowest BCUT2D eigenvalue weighted by Crippen LogP contribution is -2.15. The summed E-state index contributed by atoms with van der Waals surface area (Å²) >= 11 is 0. The second kappa shape index (κ2) is 9.86. The molecule has 0 aliphatic heterocycles. The first-order valence-corrected chi connectivity index (χ1v) is 9.78. The Morgan fingerprint density at radius 3 is 2.11 bits per heavy atom. The Kier molecular flexibility index (Phi) is 6.99. The molecule has 3 aromatic rings. The summed E-state index contributed by atoms with van der Waals surface area (Å²) in [5, 5.41) is 3.04. The molecule has 0 aromatic heterocycles. The first kappa shape index (κ1) is 19.8. The Labute approximate surface area is 168 Å². The number of hydrogen-bond donors (Lipinski definition) is 1. The minimum atomic E-state index is -0.0512. The third-order valence-electron chi connectivity index (χ3n) is 4.85. The van der Waals surface area contributed by atoms with Gasteiger partial charge in [0.2, 0.25) is 0 Å². The highest BCUT2D eigenvalue weighted by molar-refractivity contribution is 6.05. The van der Waals surface area contributed by atoms with Crippen molar-refractivity contribution in [2.45, 2.75) is 19.3 Å². The first-order valence-electron chi connectivity index (χ1n) is 9.78. The van der Waals surface area contributed by atoms with Crippen molar-refractivity contribution in [2.75, 3.05) is 26.0 Å². The van der Waals surface area contributed by atoms with Crippen molar-refractivity contribution < 1.29 is 4.79 Å². The number of benzene rings is 3. The van der Waals surface area contributed by atoms with E-state index in [-0.39, 0.29) is 5.91 Å². The van der Waals surface area contributed by atoms with Crippen molar-refractivity contribution in [1.82, 2.24) is 4.90 Å². The number of hydrogen-bond acceptors (Lipinski definition) is 2. The van der Waals surface area contributed by atoms with Crippen LogP contribution in [0, 0.1) is 0 Å². The van der Waals surface area contributed by atoms with Gasteiger partial charge in [0, 0.05) is 17.8 Å². The summed E-state index contributed by atoms with van der Waals surface area (Å²) in [6.45, 7) is 1.01. The highest BCUT2D eigenvalue weighted by Crippen LogP contribution is 2.16. The molecule has 3 aromatic carbocycles. The van der Waals surface area contributed by atoms with E-state index in [1.165, 1.54) is 11.1 Å². The van der Waals surface area contributed by atoms with Crippen LogP contribution in [-0.2, 0) is 19.3 Å². The summed E-state index contributed by atoms with van der Waals surface area (Å²) in [5.41, 5.74) is 5.21. The summed E-state index contributed by atoms with van der Waals surface area (Å²) < 4.78 is 0. The molecule has 0 saturated heterocycles. The van der Waals surface area contributed by atoms with Crippen LogP contribution in [0.4, 0.5) is 5.69 Å². The average Bonchev–Trinajstić information content (AvgIpc) is 2.72. The van der Waals surface area contributed by atoms with E-state index >= 15 is 0 Å². The highest BCUT2D eigenvalue weighted by Gasteiger charge is 2.11. The molecule has 1 amide bonds. The fourth-order valence-electron chi connectivity index (χ4n) is 3.19. The van der Waals surface area contributed by atoms with Crippen LogP contribution >= 0.6 is 0 Å². The van der Waals surface area contributed by atoms with Gasteiger partial charge in [-0.3, -0.25) is 4.79 Å². The van der Waals surface area contributed by atoms with Gasteiger partial charge in [-0.05, 0) is 68.2 Å². The normalized spacial score (nSPS) is 10.8. The van der Waals surface area contributed by atoms with E-state index in [0.717, 1.165) is 42.6 Å². The lowest BCUT2D eigenvalue weighted by molar-refractivity contribution is 0.102. The van der Waals surface area contributed by atoms with E-state index in [2.05, 4.69) is 60.7 Å². The summed E-state index contributed by atoms with van der Waals surface area (Å²) in [6.07, 6.45) is 2.77. The van der Waals surface area contributed by atoms with Crippen molar-refractivity contribution in [3.05, 3.63) is 101 Å². The molecule has 0 radical (unpaired) electrons. The summed E-state index contributed by atoms with van der Waals surface area (Å²) in [6, 6.07) is 26.4. The summed E-state index contributed by atoms with van der Waals surface area (Å²) in [7, 11) is 4.15. The Balaban J connectivity index is 1.64. The Hall–Kier alpha value is -2.91. The fourth-order valence-corrected chi connectivity index (χ4v) is 3.19. The van der Waals surface area contributed by atoms with Gasteiger partial charge in [0.15, 0.2) is 0 Å². The molecule has 0 fully saturated rings. The zero-order chi connectivity index (χ0) is 19.8. The minimum Gasteiger partial charge on any atom is -0.322 e. The Morgan fingerprint density at radius 2 is 1.39 bits per heavy atom. The largest absolute Gasteiger partial charge is 0.322 e. The van der Waals surface area contributed by atoms with E-state index in [4.69, 9.17) is 0 Å². The van der Waals surface area contributed by atoms with Crippen molar-refractivity contribution in [3.63, 3.8) is 0 Å². The molecule has 0 atom stereocenters. The van der Waals surface area contributed by atoms with Gasteiger partial charge < -0.3 is 10.2 Å². The third-order valence-corrected chi connectivity index (χ3v) is 4.85. The van der Waals surface area contributed by atoms with Gasteiger partial charge in [-0.1, -0.05) is 60.7 Å². The van der Waals surface area contributed by atoms with Crippen LogP contribution in [0.15, 0.2) is 78.9 Å². The number of carbonyl (C=O) groups excluding carboxylic acids is 1. The highest BCUT2D eigenvalue weighted by atomic mass is 16.1. The zero-order valence-electron chi connectivity index (χ0n) is 16.7. The molecular formula is C25H28N2O. The molecule has 0 spiro atoms. The lowest BCUT2D eigenvalue weighted by atomic mass is 9.99. The van der Waals surface area contributed by atoms with Gasteiger partial charge in [-0.25, -0.2) is 0 Å². The SMILES string of the molecule is CN(C)CCc1ccc(NC(=O)c2ccccc2CCc2ccccc2)cc1. The van der Waals surface area contributed by atoms with E-state index in [1.807, 2.05) is 42.5 Å². The smallest absolute Gasteiger partial charge is 0.255 e. The van der Waals surface area contributed by atoms with Crippen molar-refractivity contribution in [3.8, 4) is 0 Å². The molecule has 3 nitrogen and oxygen atoms in total. The quantitative estimate of drug-likeness (QED) is 0.614. The van der Waals surface area contributed by atoms with E-state index in [9.17, 15) is 4.79 Å². The molecule has 3 heteroatoms. The number of carbonyl (C=O) groups is 1. The predicted molar refractivity (Wildman–Crippen MR) is 117 cm³/mol. The van der Waals surface area contributed by atoms with Crippen molar-refractivity contribution in [1.29, 1.82) is 0 Å². The van der Waals surface area contributed by atoms with Crippen LogP contribution in [0.25, 0.3) is 0 Å². The second-order valence-electron chi connectivity index (χ2n) is 7.35. The molecule has 0 unspecified atom stereocenters. The topological polar surface area (TPSA) is 32.3 Å². The second-order valence-corrected chi connectivity index (χ2v) is 7.35. The number of anilines is 1. The Bertz CT molecular complexity index is 886. The van der Waals surface area contributed by atoms with Crippen molar-refractivity contribution in [2.24, 2.45) is 0 Å². The van der Waals surface area contributed by atoms with Crippen LogP contribution in [0.2, 0.25) is 0 Å². The van der Waals surface area contributed by atoms with E-state index in [1.54, 1.807) is 0 Å². The van der Waals surface area contributed by atoms with Gasteiger partial charge in [0.25, 0.3) is 5.91 Å². The van der Waals surface area contributed by atoms with Gasteiger partial charge in [-0.2, -0.15) is 0 Å². The first-order chi connectivity index (χ1) is 13.6. The van der Waals surface area contributed by atoms with Crippen LogP contribution < -0.4 is 5.32 Å². The maximum Gasteiger partial charge on any atom is 0.255 e. The van der Waals surface area contributed by atoms with Gasteiger partial charge in [0.05, 0.1) is 0 Å². The zero-order valence-corrected chi connectivity index (χ0v) is 16.7. The standard InChI is InChI=1S/C25H28N2O/c1-27(2)19-18-21-13-16-23(17-14-21)26-25(28)24-11-7-6-10-22(24)15-12-20-8-4-3-5-9-20/h3-11,13-14,16-17H,12,15,18-19H2,1-2H3,(H,26,28). The van der Waals surface area contributed by atoms with Gasteiger partial charge in [0.1, 0.15) is 0 Å². The summed E-state index contributed by atoms with van der Waals surface area (Å²) in [5.74, 6) is -0.0512. The molecule has 0 aliphatic rings. The number of nitrogens with zero attached hydrogens (tertiary/aromatic N) is 1. The number of rotatable bonds is 8. The molecule has 0 bridgehead atoms. The van der Waals surface area contributed by atoms with Crippen LogP contribution in [0.5, 0.6) is 0 Å². The number of likely N-dealkylation sites (N-methyl/N-ethyl adjacent to an activating group) is 1. The minimum absolute atomic E-state index is 0.0512. The third kappa shape index (κ3) is 5.80. The van der Waals surface area contributed by atoms with Gasteiger partial charge in [-0.15, -0.1) is 0 Å². The predicted octanol–water partition coefficient (Wildman–Crippen LogP) is 4.83. The molecule has 0 heterocycles. The summed E-state index contributed by atoms with van der Waals surface area (Å²) in [4.78, 5) is 15.0. The number of aryl methyl sites for hydroxylation is 2. The maximum atomic E-state index is 12.8. The molecule has 0 saturated carbocycles. The molecule has 0 aliphatic carbocycles. The maximum absolute atomic E-state index is 12.8. The monoisotopic (exact) mass is 372 g/mol. The van der Waals surface area contributed by atoms with Crippen LogP contribution in [-0.4, -0.2) is 31.4 Å². The molecule has 28 heavy (non-hydrogen) atoms. The van der Waals surface area contributed by atoms with Gasteiger partial charge >= 0.3 is 0 Å². The molecule has 144 valence electrons. The lowest BCUT2D eigenvalue weighted by Gasteiger charge is -2.12. The average molecular weight is 373 g/mol. The van der Waals surface area contributed by atoms with Crippen LogP contribution in [0.3, 0.4) is 0 Å².